The summed E-state index contributed by atoms with van der Waals surface area (Å²) in [6.07, 6.45) is 0.734. The van der Waals surface area contributed by atoms with Gasteiger partial charge in [-0.25, -0.2) is 4.98 Å². The lowest BCUT2D eigenvalue weighted by Crippen LogP contribution is -2.36. The third kappa shape index (κ3) is 3.18. The predicted octanol–water partition coefficient (Wildman–Crippen LogP) is 4.38. The van der Waals surface area contributed by atoms with E-state index in [1.807, 2.05) is 36.9 Å². The summed E-state index contributed by atoms with van der Waals surface area (Å²) < 4.78 is 0. The lowest BCUT2D eigenvalue weighted by molar-refractivity contribution is -0.114. The smallest absolute Gasteiger partial charge is 0.264 e. The summed E-state index contributed by atoms with van der Waals surface area (Å²) in [7, 11) is 0. The van der Waals surface area contributed by atoms with Crippen LogP contribution in [0.5, 0.6) is 0 Å². The Kier molecular flexibility index (Phi) is 4.67. The number of aryl methyl sites for hydroxylation is 3. The fraction of sp³-hybridized carbons (Fsp3) is 0.318. The average molecular weight is 394 g/mol. The van der Waals surface area contributed by atoms with Crippen molar-refractivity contribution in [2.24, 2.45) is 0 Å². The van der Waals surface area contributed by atoms with E-state index >= 15 is 0 Å². The number of fused-ring (bicyclic) bond motifs is 2. The van der Waals surface area contributed by atoms with Gasteiger partial charge in [0, 0.05) is 36.8 Å². The van der Waals surface area contributed by atoms with Crippen molar-refractivity contribution in [2.75, 3.05) is 11.9 Å². The zero-order chi connectivity index (χ0) is 20.0. The molecule has 0 spiro atoms. The summed E-state index contributed by atoms with van der Waals surface area (Å²) in [4.78, 5) is 33.0. The second kappa shape index (κ2) is 7.02. The zero-order valence-electron chi connectivity index (χ0n) is 16.5. The van der Waals surface area contributed by atoms with Gasteiger partial charge in [0.2, 0.25) is 5.91 Å². The predicted molar refractivity (Wildman–Crippen MR) is 113 cm³/mol. The van der Waals surface area contributed by atoms with Crippen molar-refractivity contribution < 1.29 is 9.59 Å². The van der Waals surface area contributed by atoms with Gasteiger partial charge in [0.05, 0.1) is 4.88 Å². The minimum atomic E-state index is -0.0778. The van der Waals surface area contributed by atoms with Crippen LogP contribution >= 0.6 is 11.3 Å². The first-order valence-electron chi connectivity index (χ1n) is 9.40. The monoisotopic (exact) mass is 393 g/mol. The SMILES string of the molecule is CC(=O)Nc1cccc2c1CCN(C(=O)c1sc3nc(C)cc(C)c3c1C)C2. The molecule has 6 heteroatoms. The van der Waals surface area contributed by atoms with E-state index in [1.54, 1.807) is 0 Å². The van der Waals surface area contributed by atoms with Gasteiger partial charge in [-0.05, 0) is 61.6 Å². The number of thiophene rings is 1. The number of hydrogen-bond acceptors (Lipinski definition) is 4. The number of nitrogens with one attached hydrogen (secondary N) is 1. The second-order valence-electron chi connectivity index (χ2n) is 7.42. The van der Waals surface area contributed by atoms with Gasteiger partial charge in [0.1, 0.15) is 4.83 Å². The van der Waals surface area contributed by atoms with Gasteiger partial charge < -0.3 is 10.2 Å². The first-order valence-corrected chi connectivity index (χ1v) is 10.2. The number of nitrogens with zero attached hydrogens (tertiary/aromatic N) is 2. The van der Waals surface area contributed by atoms with E-state index in [0.717, 1.165) is 49.6 Å². The molecule has 2 amide bonds. The highest BCUT2D eigenvalue weighted by Crippen LogP contribution is 2.34. The Bertz CT molecular complexity index is 1120. The molecule has 0 saturated heterocycles. The van der Waals surface area contributed by atoms with Gasteiger partial charge in [-0.1, -0.05) is 12.1 Å². The van der Waals surface area contributed by atoms with Crippen molar-refractivity contribution in [3.63, 3.8) is 0 Å². The Morgan fingerprint density at radius 3 is 2.75 bits per heavy atom. The van der Waals surface area contributed by atoms with Gasteiger partial charge in [-0.2, -0.15) is 0 Å². The highest BCUT2D eigenvalue weighted by molar-refractivity contribution is 7.20. The number of anilines is 1. The molecule has 28 heavy (non-hydrogen) atoms. The summed E-state index contributed by atoms with van der Waals surface area (Å²) >= 11 is 1.49. The van der Waals surface area contributed by atoms with Crippen LogP contribution in [0.25, 0.3) is 10.2 Å². The lowest BCUT2D eigenvalue weighted by atomic mass is 9.97. The Labute approximate surface area is 168 Å². The minimum absolute atomic E-state index is 0.0631. The summed E-state index contributed by atoms with van der Waals surface area (Å²) in [5, 5.41) is 4.00. The van der Waals surface area contributed by atoms with Crippen LogP contribution in [-0.4, -0.2) is 28.2 Å². The third-order valence-corrected chi connectivity index (χ3v) is 6.46. The van der Waals surface area contributed by atoms with Gasteiger partial charge in [0.15, 0.2) is 0 Å². The molecule has 0 fully saturated rings. The molecule has 2 aromatic heterocycles. The molecule has 4 rings (SSSR count). The maximum atomic E-state index is 13.3. The standard InChI is InChI=1S/C22H23N3O2S/c1-12-10-13(2)23-21-19(12)14(3)20(28-21)22(27)25-9-8-17-16(11-25)6-5-7-18(17)24-15(4)26/h5-7,10H,8-9,11H2,1-4H3,(H,24,26). The summed E-state index contributed by atoms with van der Waals surface area (Å²) in [5.74, 6) is -0.0147. The van der Waals surface area contributed by atoms with Crippen LogP contribution in [0, 0.1) is 20.8 Å². The Hall–Kier alpha value is -2.73. The molecule has 5 nitrogen and oxygen atoms in total. The second-order valence-corrected chi connectivity index (χ2v) is 8.42. The topological polar surface area (TPSA) is 62.3 Å². The van der Waals surface area contributed by atoms with Crippen LogP contribution in [-0.2, 0) is 17.8 Å². The fourth-order valence-corrected chi connectivity index (χ4v) is 5.33. The largest absolute Gasteiger partial charge is 0.333 e. The molecular formula is C22H23N3O2S. The van der Waals surface area contributed by atoms with E-state index in [4.69, 9.17) is 0 Å². The Balaban J connectivity index is 1.66. The van der Waals surface area contributed by atoms with Crippen molar-refractivity contribution in [3.05, 3.63) is 57.1 Å². The van der Waals surface area contributed by atoms with Gasteiger partial charge in [-0.3, -0.25) is 9.59 Å². The van der Waals surface area contributed by atoms with Gasteiger partial charge in [-0.15, -0.1) is 11.3 Å². The molecule has 1 aliphatic rings. The van der Waals surface area contributed by atoms with E-state index in [2.05, 4.69) is 23.3 Å². The fourth-order valence-electron chi connectivity index (χ4n) is 4.06. The molecule has 0 atom stereocenters. The molecule has 0 bridgehead atoms. The molecular weight excluding hydrogens is 370 g/mol. The Morgan fingerprint density at radius 1 is 1.21 bits per heavy atom. The molecule has 3 aromatic rings. The maximum Gasteiger partial charge on any atom is 0.264 e. The molecule has 0 radical (unpaired) electrons. The summed E-state index contributed by atoms with van der Waals surface area (Å²) in [5.41, 5.74) is 6.23. The van der Waals surface area contributed by atoms with E-state index in [1.165, 1.54) is 23.8 Å². The van der Waals surface area contributed by atoms with Crippen molar-refractivity contribution in [1.29, 1.82) is 0 Å². The number of benzene rings is 1. The van der Waals surface area contributed by atoms with E-state index in [9.17, 15) is 9.59 Å². The number of amides is 2. The first kappa shape index (κ1) is 18.6. The van der Waals surface area contributed by atoms with Crippen molar-refractivity contribution in [1.82, 2.24) is 9.88 Å². The molecule has 1 aliphatic heterocycles. The highest BCUT2D eigenvalue weighted by atomic mass is 32.1. The van der Waals surface area contributed by atoms with Crippen LogP contribution in [0.15, 0.2) is 24.3 Å². The molecule has 1 aromatic carbocycles. The quantitative estimate of drug-likeness (QED) is 0.703. The number of rotatable bonds is 2. The average Bonchev–Trinajstić information content (AvgIpc) is 2.97. The molecule has 0 aliphatic carbocycles. The third-order valence-electron chi connectivity index (χ3n) is 5.28. The Morgan fingerprint density at radius 2 is 2.00 bits per heavy atom. The van der Waals surface area contributed by atoms with Gasteiger partial charge >= 0.3 is 0 Å². The number of aromatic nitrogens is 1. The van der Waals surface area contributed by atoms with Crippen LogP contribution in [0.1, 0.15) is 44.5 Å². The van der Waals surface area contributed by atoms with Crippen LogP contribution < -0.4 is 5.32 Å². The van der Waals surface area contributed by atoms with Crippen molar-refractivity contribution in [2.45, 2.75) is 40.7 Å². The minimum Gasteiger partial charge on any atom is -0.333 e. The first-order chi connectivity index (χ1) is 13.3. The normalized spacial score (nSPS) is 13.5. The number of pyridine rings is 1. The van der Waals surface area contributed by atoms with E-state index in [0.29, 0.717) is 13.1 Å². The highest BCUT2D eigenvalue weighted by Gasteiger charge is 2.27. The number of hydrogen-bond donors (Lipinski definition) is 1. The molecule has 0 unspecified atom stereocenters. The summed E-state index contributed by atoms with van der Waals surface area (Å²) in [6, 6.07) is 7.95. The van der Waals surface area contributed by atoms with Crippen molar-refractivity contribution in [3.8, 4) is 0 Å². The zero-order valence-corrected chi connectivity index (χ0v) is 17.4. The van der Waals surface area contributed by atoms with Crippen LogP contribution in [0.3, 0.4) is 0 Å². The number of carbonyl (C=O) groups excluding carboxylic acids is 2. The molecule has 0 saturated carbocycles. The van der Waals surface area contributed by atoms with Crippen LogP contribution in [0.4, 0.5) is 5.69 Å². The van der Waals surface area contributed by atoms with E-state index in [-0.39, 0.29) is 11.8 Å². The molecule has 144 valence electrons. The molecule has 1 N–H and O–H groups in total. The number of carbonyl (C=O) groups is 2. The lowest BCUT2D eigenvalue weighted by Gasteiger charge is -2.30. The van der Waals surface area contributed by atoms with Crippen molar-refractivity contribution >= 4 is 39.1 Å². The van der Waals surface area contributed by atoms with E-state index < -0.39 is 0 Å². The summed E-state index contributed by atoms with van der Waals surface area (Å²) in [6.45, 7) is 8.79. The maximum absolute atomic E-state index is 13.3. The van der Waals surface area contributed by atoms with Gasteiger partial charge in [0.25, 0.3) is 5.91 Å². The molecule has 3 heterocycles. The van der Waals surface area contributed by atoms with Crippen LogP contribution in [0.2, 0.25) is 0 Å².